The Labute approximate surface area is 389 Å². The first-order valence-corrected chi connectivity index (χ1v) is 22.3. The van der Waals surface area contributed by atoms with E-state index in [-0.39, 0.29) is 29.7 Å². The van der Waals surface area contributed by atoms with Crippen molar-refractivity contribution in [2.75, 3.05) is 20.8 Å². The topological polar surface area (TPSA) is 234 Å². The number of aliphatic carboxylic acids is 1. The molecule has 1 heterocycles. The summed E-state index contributed by atoms with van der Waals surface area (Å²) in [6.07, 6.45) is -10.5. The first-order valence-electron chi connectivity index (χ1n) is 22.3. The third-order valence-electron chi connectivity index (χ3n) is 14.1. The van der Waals surface area contributed by atoms with Crippen molar-refractivity contribution in [2.45, 2.75) is 147 Å². The summed E-state index contributed by atoms with van der Waals surface area (Å²) in [6, 6.07) is 16.2. The summed E-state index contributed by atoms with van der Waals surface area (Å²) in [4.78, 5) is 96.7. The Morgan fingerprint density at radius 1 is 0.881 bits per heavy atom. The SMILES string of the molecule is COC1C(=O)C2(C)C(OC)CC3OCC3(OC(C)=O)C2C(OC(=O)c2ccccc2)C2(O)CC(OC(=O)C(OC(=O)CCC(=O)O)C(CC(=O)OC(C)(C)C)c3ccccc3)C(C)=C1C2(C)C. The van der Waals surface area contributed by atoms with E-state index in [2.05, 4.69) is 0 Å². The van der Waals surface area contributed by atoms with Crippen molar-refractivity contribution in [1.82, 2.24) is 0 Å². The summed E-state index contributed by atoms with van der Waals surface area (Å²) in [7, 11) is 2.73. The van der Waals surface area contributed by atoms with E-state index in [0.717, 1.165) is 0 Å². The van der Waals surface area contributed by atoms with E-state index in [1.807, 2.05) is 0 Å². The van der Waals surface area contributed by atoms with E-state index in [9.17, 15) is 34.2 Å². The number of esters is 5. The minimum atomic E-state index is -2.31. The Hall–Kier alpha value is -5.49. The number of methoxy groups -OCH3 is 2. The zero-order valence-electron chi connectivity index (χ0n) is 39.7. The molecule has 17 nitrogen and oxygen atoms in total. The van der Waals surface area contributed by atoms with Crippen LogP contribution in [0, 0.1) is 16.7 Å². The van der Waals surface area contributed by atoms with Crippen LogP contribution < -0.4 is 0 Å². The van der Waals surface area contributed by atoms with E-state index in [1.54, 1.807) is 97.0 Å². The smallest absolute Gasteiger partial charge is 0.348 e. The highest BCUT2D eigenvalue weighted by Crippen LogP contribution is 2.65. The molecule has 1 aliphatic heterocycles. The largest absolute Gasteiger partial charge is 0.481 e. The number of hydrogen-bond acceptors (Lipinski definition) is 16. The Balaban J connectivity index is 1.56. The minimum Gasteiger partial charge on any atom is -0.481 e. The Kier molecular flexibility index (Phi) is 14.6. The fourth-order valence-corrected chi connectivity index (χ4v) is 10.9. The van der Waals surface area contributed by atoms with Crippen LogP contribution in [0.4, 0.5) is 0 Å². The lowest BCUT2D eigenvalue weighted by molar-refractivity contribution is -0.347. The number of carbonyl (C=O) groups excluding carboxylic acids is 6. The van der Waals surface area contributed by atoms with Gasteiger partial charge in [0.15, 0.2) is 11.4 Å². The fourth-order valence-electron chi connectivity index (χ4n) is 10.9. The van der Waals surface area contributed by atoms with Crippen molar-refractivity contribution in [2.24, 2.45) is 16.7 Å². The molecule has 17 heteroatoms. The second kappa shape index (κ2) is 19.2. The lowest BCUT2D eigenvalue weighted by Crippen LogP contribution is -2.82. The Morgan fingerprint density at radius 3 is 2.04 bits per heavy atom. The third-order valence-corrected chi connectivity index (χ3v) is 14.1. The Morgan fingerprint density at radius 2 is 1.51 bits per heavy atom. The van der Waals surface area contributed by atoms with Crippen LogP contribution >= 0.6 is 0 Å². The zero-order valence-corrected chi connectivity index (χ0v) is 39.7. The van der Waals surface area contributed by atoms with Gasteiger partial charge in [-0.1, -0.05) is 62.4 Å². The van der Waals surface area contributed by atoms with Gasteiger partial charge in [-0.3, -0.25) is 24.0 Å². The number of benzene rings is 2. The van der Waals surface area contributed by atoms with Gasteiger partial charge in [-0.05, 0) is 63.5 Å². The maximum atomic E-state index is 15.7. The molecule has 0 amide bonds. The maximum Gasteiger partial charge on any atom is 0.348 e. The number of carboxylic acid groups (broad SMARTS) is 1. The second-order valence-corrected chi connectivity index (χ2v) is 19.6. The zero-order chi connectivity index (χ0) is 49.4. The van der Waals surface area contributed by atoms with Crippen LogP contribution in [0.2, 0.25) is 0 Å². The van der Waals surface area contributed by atoms with E-state index >= 15 is 9.59 Å². The molecule has 0 spiro atoms. The van der Waals surface area contributed by atoms with E-state index in [1.165, 1.54) is 33.3 Å². The number of ketones is 1. The predicted octanol–water partition coefficient (Wildman–Crippen LogP) is 5.23. The summed E-state index contributed by atoms with van der Waals surface area (Å²) < 4.78 is 48.7. The summed E-state index contributed by atoms with van der Waals surface area (Å²) in [5.74, 6) is -9.09. The number of ether oxygens (including phenoxy) is 8. The van der Waals surface area contributed by atoms with Gasteiger partial charge < -0.3 is 48.1 Å². The molecule has 364 valence electrons. The molecule has 0 radical (unpaired) electrons. The highest BCUT2D eigenvalue weighted by molar-refractivity contribution is 5.94. The monoisotopic (exact) mass is 934 g/mol. The molecule has 67 heavy (non-hydrogen) atoms. The summed E-state index contributed by atoms with van der Waals surface area (Å²) >= 11 is 0. The molecule has 2 saturated carbocycles. The molecule has 3 aliphatic carbocycles. The highest BCUT2D eigenvalue weighted by Gasteiger charge is 2.78. The molecule has 2 N–H and O–H groups in total. The van der Waals surface area contributed by atoms with Crippen molar-refractivity contribution >= 4 is 41.6 Å². The van der Waals surface area contributed by atoms with Crippen LogP contribution in [0.5, 0.6) is 0 Å². The van der Waals surface area contributed by atoms with Gasteiger partial charge in [0.25, 0.3) is 0 Å². The molecule has 1 saturated heterocycles. The van der Waals surface area contributed by atoms with Gasteiger partial charge in [0.05, 0.1) is 48.9 Å². The van der Waals surface area contributed by atoms with Gasteiger partial charge in [0.2, 0.25) is 6.10 Å². The standard InChI is InChI=1S/C50H62O17/c1-27-32(63-45(58)39(64-36(54)22-21-35(52)53)31(29-17-13-11-14-18-29)23-37(55)67-46(3,4)5)25-50(59)43(65-44(57)30-19-15-12-16-20-30)41-48(8,42(56)40(61-10)38(27)47(50,6)7)33(60-9)24-34-49(41,26-62-34)66-28(2)51/h11-20,31-34,39-41,43,59H,21-26H2,1-10H3,(H,52,53). The average Bonchev–Trinajstić information content (AvgIpc) is 3.25. The average molecular weight is 935 g/mol. The van der Waals surface area contributed by atoms with Crippen molar-refractivity contribution in [3.05, 3.63) is 82.9 Å². The first kappa shape index (κ1) is 50.9. The van der Waals surface area contributed by atoms with Crippen LogP contribution in [0.25, 0.3) is 0 Å². The quantitative estimate of drug-likeness (QED) is 0.132. The molecule has 11 atom stereocenters. The normalized spacial score (nSPS) is 30.6. The van der Waals surface area contributed by atoms with E-state index in [0.29, 0.717) is 5.56 Å². The highest BCUT2D eigenvalue weighted by atomic mass is 16.6. The summed E-state index contributed by atoms with van der Waals surface area (Å²) in [5.41, 5.74) is -7.23. The van der Waals surface area contributed by atoms with Gasteiger partial charge >= 0.3 is 35.8 Å². The van der Waals surface area contributed by atoms with Gasteiger partial charge in [0.1, 0.15) is 35.6 Å². The van der Waals surface area contributed by atoms with Gasteiger partial charge in [0, 0.05) is 45.3 Å². The third kappa shape index (κ3) is 9.52. The lowest BCUT2D eigenvalue weighted by atomic mass is 9.44. The number of carboxylic acids is 1. The van der Waals surface area contributed by atoms with Crippen LogP contribution in [-0.4, -0.2) is 126 Å². The summed E-state index contributed by atoms with van der Waals surface area (Å²) in [6.45, 7) is 12.5. The van der Waals surface area contributed by atoms with E-state index < -0.39 is 143 Å². The van der Waals surface area contributed by atoms with Crippen LogP contribution in [0.1, 0.15) is 109 Å². The predicted molar refractivity (Wildman–Crippen MR) is 235 cm³/mol. The van der Waals surface area contributed by atoms with Crippen molar-refractivity contribution in [1.29, 1.82) is 0 Å². The van der Waals surface area contributed by atoms with Crippen LogP contribution in [0.15, 0.2) is 71.8 Å². The molecular weight excluding hydrogens is 873 g/mol. The van der Waals surface area contributed by atoms with Crippen LogP contribution in [-0.2, 0) is 66.7 Å². The molecule has 2 bridgehead atoms. The molecule has 3 fully saturated rings. The van der Waals surface area contributed by atoms with Crippen molar-refractivity contribution in [3.63, 3.8) is 0 Å². The molecule has 4 aliphatic rings. The molecule has 2 aromatic carbocycles. The van der Waals surface area contributed by atoms with Gasteiger partial charge in [-0.15, -0.1) is 0 Å². The van der Waals surface area contributed by atoms with Crippen molar-refractivity contribution in [3.8, 4) is 0 Å². The molecule has 0 aromatic heterocycles. The fraction of sp³-hybridized carbons (Fsp3) is 0.580. The molecule has 11 unspecified atom stereocenters. The maximum absolute atomic E-state index is 15.7. The number of carbonyl (C=O) groups is 7. The lowest BCUT2D eigenvalue weighted by Gasteiger charge is -2.67. The minimum absolute atomic E-state index is 0.0802. The summed E-state index contributed by atoms with van der Waals surface area (Å²) in [5, 5.41) is 23.3. The number of fused-ring (bicyclic) bond motifs is 5. The number of hydrogen-bond donors (Lipinski definition) is 2. The number of aliphatic hydroxyl groups is 1. The Bertz CT molecular complexity index is 2260. The van der Waals surface area contributed by atoms with E-state index in [4.69, 9.17) is 37.9 Å². The number of rotatable bonds is 15. The van der Waals surface area contributed by atoms with Gasteiger partial charge in [-0.2, -0.15) is 0 Å². The number of Topliss-reactive ketones (excluding diaryl/α,β-unsaturated/α-hetero) is 1. The van der Waals surface area contributed by atoms with Crippen molar-refractivity contribution < 1.29 is 81.7 Å². The first-order chi connectivity index (χ1) is 31.4. The molecule has 2 aromatic rings. The molecule has 6 rings (SSSR count). The molecular formula is C50H62O17. The van der Waals surface area contributed by atoms with Gasteiger partial charge in [-0.25, -0.2) is 9.59 Å². The van der Waals surface area contributed by atoms with Crippen LogP contribution in [0.3, 0.4) is 0 Å². The second-order valence-electron chi connectivity index (χ2n) is 19.6.